The lowest BCUT2D eigenvalue weighted by atomic mass is 9.79. The zero-order chi connectivity index (χ0) is 24.3. The Labute approximate surface area is 208 Å². The molecule has 0 saturated heterocycles. The number of carbonyl (C=O) groups excluding carboxylic acids is 2. The number of hydrogen-bond donors (Lipinski definition) is 2. The molecule has 2 amide bonds. The van der Waals surface area contributed by atoms with E-state index in [1.54, 1.807) is 11.0 Å². The summed E-state index contributed by atoms with van der Waals surface area (Å²) >= 11 is 0. The van der Waals surface area contributed by atoms with Crippen molar-refractivity contribution in [2.24, 2.45) is 0 Å². The lowest BCUT2D eigenvalue weighted by molar-refractivity contribution is -0.120. The number of aromatic nitrogens is 2. The van der Waals surface area contributed by atoms with Gasteiger partial charge in [0.1, 0.15) is 17.8 Å². The second kappa shape index (κ2) is 7.75. The molecule has 2 N–H and O–H groups in total. The molecule has 4 aromatic rings. The highest BCUT2D eigenvalue weighted by Crippen LogP contribution is 2.47. The van der Waals surface area contributed by atoms with E-state index in [1.165, 1.54) is 17.5 Å². The third-order valence-corrected chi connectivity index (χ3v) is 7.61. The number of para-hydroxylation sites is 2. The monoisotopic (exact) mass is 473 g/mol. The molecule has 0 radical (unpaired) electrons. The van der Waals surface area contributed by atoms with E-state index in [1.807, 2.05) is 42.5 Å². The van der Waals surface area contributed by atoms with E-state index >= 15 is 0 Å². The summed E-state index contributed by atoms with van der Waals surface area (Å²) in [5.41, 5.74) is 7.09. The fourth-order valence-corrected chi connectivity index (χ4v) is 5.86. The highest BCUT2D eigenvalue weighted by molar-refractivity contribution is 6.07. The van der Waals surface area contributed by atoms with Crippen molar-refractivity contribution in [3.8, 4) is 0 Å². The van der Waals surface area contributed by atoms with Crippen LogP contribution in [-0.2, 0) is 29.5 Å². The van der Waals surface area contributed by atoms with E-state index < -0.39 is 5.41 Å². The summed E-state index contributed by atoms with van der Waals surface area (Å²) in [5, 5.41) is 6.38. The molecule has 176 valence electrons. The maximum atomic E-state index is 13.2. The van der Waals surface area contributed by atoms with Crippen molar-refractivity contribution in [1.82, 2.24) is 9.97 Å². The number of amides is 2. The Bertz CT molecular complexity index is 1570. The molecule has 36 heavy (non-hydrogen) atoms. The molecule has 1 atom stereocenters. The summed E-state index contributed by atoms with van der Waals surface area (Å²) in [7, 11) is 0. The number of nitrogens with zero attached hydrogens (tertiary/aromatic N) is 3. The van der Waals surface area contributed by atoms with Gasteiger partial charge in [-0.2, -0.15) is 0 Å². The minimum atomic E-state index is -0.544. The van der Waals surface area contributed by atoms with Crippen LogP contribution in [0.2, 0.25) is 0 Å². The second-order valence-corrected chi connectivity index (χ2v) is 9.67. The maximum absolute atomic E-state index is 13.2. The molecule has 0 saturated carbocycles. The van der Waals surface area contributed by atoms with Crippen molar-refractivity contribution in [3.63, 3.8) is 0 Å². The SMILES string of the molecule is O=C(c1cc(Nc2ccc3c(c2)CC2(C3)C(=O)Nc3ccccc32)ncn1)N1CCc2ccccc21. The molecule has 1 spiro atoms. The molecule has 7 rings (SSSR count). The van der Waals surface area contributed by atoms with Gasteiger partial charge in [-0.1, -0.05) is 42.5 Å². The van der Waals surface area contributed by atoms with Crippen molar-refractivity contribution < 1.29 is 9.59 Å². The van der Waals surface area contributed by atoms with Crippen LogP contribution in [0.5, 0.6) is 0 Å². The van der Waals surface area contributed by atoms with Gasteiger partial charge in [0.2, 0.25) is 5.91 Å². The van der Waals surface area contributed by atoms with Crippen LogP contribution in [0.3, 0.4) is 0 Å². The average molecular weight is 474 g/mol. The Kier molecular flexibility index (Phi) is 4.48. The van der Waals surface area contributed by atoms with Crippen LogP contribution in [0.25, 0.3) is 0 Å². The van der Waals surface area contributed by atoms with Gasteiger partial charge in [-0.25, -0.2) is 9.97 Å². The van der Waals surface area contributed by atoms with Crippen molar-refractivity contribution in [1.29, 1.82) is 0 Å². The van der Waals surface area contributed by atoms with Crippen LogP contribution in [0.4, 0.5) is 22.9 Å². The van der Waals surface area contributed by atoms with Crippen LogP contribution < -0.4 is 15.5 Å². The van der Waals surface area contributed by atoms with Crippen LogP contribution >= 0.6 is 0 Å². The van der Waals surface area contributed by atoms with E-state index in [0.717, 1.165) is 34.6 Å². The molecule has 7 heteroatoms. The Morgan fingerprint density at radius 2 is 1.75 bits per heavy atom. The van der Waals surface area contributed by atoms with E-state index in [9.17, 15) is 9.59 Å². The topological polar surface area (TPSA) is 87.2 Å². The van der Waals surface area contributed by atoms with E-state index in [-0.39, 0.29) is 11.8 Å². The standard InChI is InChI=1S/C29H23N5O2/c35-27(34-12-11-18-5-1-4-8-25(18)34)24-14-26(31-17-30-24)32-21-10-9-19-15-29(16-20(19)13-21)22-6-2-3-7-23(22)33-28(29)36/h1-10,13-14,17H,11-12,15-16H2,(H,33,36)(H,30,31,32). The summed E-state index contributed by atoms with van der Waals surface area (Å²) in [5.74, 6) is 0.488. The number of anilines is 4. The predicted octanol–water partition coefficient (Wildman–Crippen LogP) is 4.41. The molecule has 1 aromatic heterocycles. The summed E-state index contributed by atoms with van der Waals surface area (Å²) in [6, 6.07) is 23.8. The van der Waals surface area contributed by atoms with Crippen molar-refractivity contribution in [2.75, 3.05) is 22.1 Å². The first-order chi connectivity index (χ1) is 17.6. The minimum Gasteiger partial charge on any atom is -0.340 e. The largest absolute Gasteiger partial charge is 0.340 e. The first-order valence-corrected chi connectivity index (χ1v) is 12.1. The quantitative estimate of drug-likeness (QED) is 0.460. The van der Waals surface area contributed by atoms with Crippen LogP contribution in [0, 0.1) is 0 Å². The Balaban J connectivity index is 1.13. The summed E-state index contributed by atoms with van der Waals surface area (Å²) < 4.78 is 0. The molecule has 1 unspecified atom stereocenters. The zero-order valence-electron chi connectivity index (χ0n) is 19.5. The van der Waals surface area contributed by atoms with E-state index in [4.69, 9.17) is 0 Å². The van der Waals surface area contributed by atoms with E-state index in [2.05, 4.69) is 44.9 Å². The first kappa shape index (κ1) is 20.8. The number of rotatable bonds is 3. The van der Waals surface area contributed by atoms with Crippen LogP contribution in [0.1, 0.15) is 32.7 Å². The van der Waals surface area contributed by atoms with Gasteiger partial charge in [0.05, 0.1) is 5.41 Å². The molecule has 1 aliphatic carbocycles. The highest BCUT2D eigenvalue weighted by atomic mass is 16.2. The molecular formula is C29H23N5O2. The zero-order valence-corrected chi connectivity index (χ0v) is 19.5. The Morgan fingerprint density at radius 1 is 0.917 bits per heavy atom. The molecular weight excluding hydrogens is 450 g/mol. The molecule has 0 fully saturated rings. The number of fused-ring (bicyclic) bond motifs is 4. The number of benzene rings is 3. The van der Waals surface area contributed by atoms with Crippen LogP contribution in [0.15, 0.2) is 79.1 Å². The van der Waals surface area contributed by atoms with Gasteiger partial charge < -0.3 is 15.5 Å². The molecule has 0 bridgehead atoms. The summed E-state index contributed by atoms with van der Waals surface area (Å²) in [6.45, 7) is 0.647. The molecule has 3 heterocycles. The normalized spacial score (nSPS) is 19.1. The number of carbonyl (C=O) groups is 2. The number of hydrogen-bond acceptors (Lipinski definition) is 5. The van der Waals surface area contributed by atoms with E-state index in [0.29, 0.717) is 30.9 Å². The smallest absolute Gasteiger partial charge is 0.277 e. The molecule has 3 aromatic carbocycles. The molecule has 7 nitrogen and oxygen atoms in total. The van der Waals surface area contributed by atoms with Gasteiger partial charge in [-0.15, -0.1) is 0 Å². The molecule has 3 aliphatic rings. The van der Waals surface area contributed by atoms with Crippen molar-refractivity contribution in [3.05, 3.63) is 107 Å². The van der Waals surface area contributed by atoms with Gasteiger partial charge in [0.25, 0.3) is 5.91 Å². The predicted molar refractivity (Wildman–Crippen MR) is 138 cm³/mol. The Morgan fingerprint density at radius 3 is 2.69 bits per heavy atom. The van der Waals surface area contributed by atoms with Gasteiger partial charge in [-0.3, -0.25) is 9.59 Å². The van der Waals surface area contributed by atoms with Crippen molar-refractivity contribution in [2.45, 2.75) is 24.7 Å². The summed E-state index contributed by atoms with van der Waals surface area (Å²) in [4.78, 5) is 36.6. The highest BCUT2D eigenvalue weighted by Gasteiger charge is 2.50. The van der Waals surface area contributed by atoms with Gasteiger partial charge in [0, 0.05) is 29.7 Å². The lowest BCUT2D eigenvalue weighted by Crippen LogP contribution is -2.35. The third kappa shape index (κ3) is 3.12. The fraction of sp³-hybridized carbons (Fsp3) is 0.172. The minimum absolute atomic E-state index is 0.0665. The average Bonchev–Trinajstić information content (AvgIpc) is 3.58. The van der Waals surface area contributed by atoms with Gasteiger partial charge in [0.15, 0.2) is 0 Å². The lowest BCUT2D eigenvalue weighted by Gasteiger charge is -2.20. The summed E-state index contributed by atoms with van der Waals surface area (Å²) in [6.07, 6.45) is 3.61. The number of nitrogens with one attached hydrogen (secondary N) is 2. The van der Waals surface area contributed by atoms with Crippen molar-refractivity contribution >= 4 is 34.7 Å². The third-order valence-electron chi connectivity index (χ3n) is 7.61. The fourth-order valence-electron chi connectivity index (χ4n) is 5.86. The van der Waals surface area contributed by atoms with Crippen LogP contribution in [-0.4, -0.2) is 28.3 Å². The van der Waals surface area contributed by atoms with Gasteiger partial charge in [-0.05, 0) is 65.8 Å². The second-order valence-electron chi connectivity index (χ2n) is 9.67. The molecule has 2 aliphatic heterocycles. The first-order valence-electron chi connectivity index (χ1n) is 12.1. The van der Waals surface area contributed by atoms with Gasteiger partial charge >= 0.3 is 0 Å². The maximum Gasteiger partial charge on any atom is 0.277 e. The Hall–Kier alpha value is -4.52.